The number of halogens is 1. The predicted molar refractivity (Wildman–Crippen MR) is 62.8 cm³/mol. The van der Waals surface area contributed by atoms with E-state index in [9.17, 15) is 9.59 Å². The van der Waals surface area contributed by atoms with Gasteiger partial charge in [-0.3, -0.25) is 9.59 Å². The van der Waals surface area contributed by atoms with Gasteiger partial charge in [-0.2, -0.15) is 0 Å². The summed E-state index contributed by atoms with van der Waals surface area (Å²) >= 11 is 5.75. The van der Waals surface area contributed by atoms with Crippen LogP contribution in [0.2, 0.25) is 5.15 Å². The molecule has 1 aromatic heterocycles. The molecule has 0 aliphatic heterocycles. The van der Waals surface area contributed by atoms with Crippen LogP contribution in [0.1, 0.15) is 23.7 Å². The Bertz CT molecular complexity index is 409. The van der Waals surface area contributed by atoms with Crippen molar-refractivity contribution >= 4 is 23.5 Å². The quantitative estimate of drug-likeness (QED) is 0.639. The summed E-state index contributed by atoms with van der Waals surface area (Å²) in [6, 6.07) is 3.18. The molecule has 1 aromatic rings. The number of amides is 1. The Morgan fingerprint density at radius 2 is 2.29 bits per heavy atom. The van der Waals surface area contributed by atoms with Crippen LogP contribution in [-0.4, -0.2) is 30.0 Å². The number of nitrogens with one attached hydrogen (secondary N) is 1. The average Bonchev–Trinajstić information content (AvgIpc) is 2.29. The summed E-state index contributed by atoms with van der Waals surface area (Å²) in [6.45, 7) is 2.27. The number of nitrogens with zero attached hydrogens (tertiary/aromatic N) is 1. The van der Waals surface area contributed by atoms with Crippen LogP contribution in [0.25, 0.3) is 0 Å². The summed E-state index contributed by atoms with van der Waals surface area (Å²) in [4.78, 5) is 26.4. The van der Waals surface area contributed by atoms with E-state index in [1.165, 1.54) is 6.20 Å². The van der Waals surface area contributed by atoms with Crippen molar-refractivity contribution in [2.24, 2.45) is 0 Å². The minimum Gasteiger partial charge on any atom is -0.466 e. The van der Waals surface area contributed by atoms with Gasteiger partial charge in [0.15, 0.2) is 0 Å². The summed E-state index contributed by atoms with van der Waals surface area (Å²) in [7, 11) is 0. The SMILES string of the molecule is CCOC(=O)CCNC(=O)c1cccnc1Cl. The molecule has 1 amide bonds. The number of hydrogen-bond donors (Lipinski definition) is 1. The molecule has 0 aliphatic rings. The molecule has 0 aliphatic carbocycles. The van der Waals surface area contributed by atoms with Gasteiger partial charge in [-0.15, -0.1) is 0 Å². The lowest BCUT2D eigenvalue weighted by Gasteiger charge is -2.05. The lowest BCUT2D eigenvalue weighted by Crippen LogP contribution is -2.26. The summed E-state index contributed by atoms with van der Waals surface area (Å²) in [5, 5.41) is 2.70. The highest BCUT2D eigenvalue weighted by Gasteiger charge is 2.10. The van der Waals surface area contributed by atoms with E-state index in [-0.39, 0.29) is 35.6 Å². The number of aromatic nitrogens is 1. The Morgan fingerprint density at radius 3 is 2.94 bits per heavy atom. The second-order valence-electron chi connectivity index (χ2n) is 3.15. The van der Waals surface area contributed by atoms with Gasteiger partial charge in [-0.25, -0.2) is 4.98 Å². The number of esters is 1. The maximum atomic E-state index is 11.6. The maximum Gasteiger partial charge on any atom is 0.307 e. The van der Waals surface area contributed by atoms with Crippen LogP contribution in [0.3, 0.4) is 0 Å². The van der Waals surface area contributed by atoms with Crippen LogP contribution >= 0.6 is 11.6 Å². The monoisotopic (exact) mass is 256 g/mol. The second-order valence-corrected chi connectivity index (χ2v) is 3.51. The fourth-order valence-corrected chi connectivity index (χ4v) is 1.37. The van der Waals surface area contributed by atoms with Crippen molar-refractivity contribution < 1.29 is 14.3 Å². The van der Waals surface area contributed by atoms with Crippen LogP contribution in [0, 0.1) is 0 Å². The second kappa shape index (κ2) is 6.85. The lowest BCUT2D eigenvalue weighted by molar-refractivity contribution is -0.142. The summed E-state index contributed by atoms with van der Waals surface area (Å²) in [6.07, 6.45) is 1.63. The Morgan fingerprint density at radius 1 is 1.53 bits per heavy atom. The van der Waals surface area contributed by atoms with Gasteiger partial charge in [-0.05, 0) is 19.1 Å². The van der Waals surface area contributed by atoms with E-state index in [1.54, 1.807) is 19.1 Å². The molecule has 5 nitrogen and oxygen atoms in total. The first-order chi connectivity index (χ1) is 8.15. The molecule has 1 rings (SSSR count). The smallest absolute Gasteiger partial charge is 0.307 e. The molecule has 0 saturated heterocycles. The molecular weight excluding hydrogens is 244 g/mol. The van der Waals surface area contributed by atoms with Gasteiger partial charge in [0.2, 0.25) is 0 Å². The van der Waals surface area contributed by atoms with Crippen molar-refractivity contribution in [3.63, 3.8) is 0 Å². The maximum absolute atomic E-state index is 11.6. The fraction of sp³-hybridized carbons (Fsp3) is 0.364. The molecule has 1 heterocycles. The van der Waals surface area contributed by atoms with E-state index >= 15 is 0 Å². The van der Waals surface area contributed by atoms with Gasteiger partial charge in [0.1, 0.15) is 5.15 Å². The summed E-state index contributed by atoms with van der Waals surface area (Å²) < 4.78 is 4.72. The molecular formula is C11H13ClN2O3. The topological polar surface area (TPSA) is 68.3 Å². The fourth-order valence-electron chi connectivity index (χ4n) is 1.16. The average molecular weight is 257 g/mol. The standard InChI is InChI=1S/C11H13ClN2O3/c1-2-17-9(15)5-7-14-11(16)8-4-3-6-13-10(8)12/h3-4,6H,2,5,7H2,1H3,(H,14,16). The van der Waals surface area contributed by atoms with E-state index in [2.05, 4.69) is 10.3 Å². The summed E-state index contributed by atoms with van der Waals surface area (Å²) in [5.74, 6) is -0.697. The first kappa shape index (κ1) is 13.4. The van der Waals surface area contributed by atoms with E-state index < -0.39 is 0 Å². The van der Waals surface area contributed by atoms with Crippen LogP contribution in [0.4, 0.5) is 0 Å². The van der Waals surface area contributed by atoms with Gasteiger partial charge in [0.25, 0.3) is 5.91 Å². The van der Waals surface area contributed by atoms with Crippen molar-refractivity contribution in [2.45, 2.75) is 13.3 Å². The molecule has 17 heavy (non-hydrogen) atoms. The minimum atomic E-state index is -0.354. The third-order valence-electron chi connectivity index (χ3n) is 1.92. The molecule has 0 fully saturated rings. The zero-order valence-electron chi connectivity index (χ0n) is 9.40. The Labute approximate surface area is 104 Å². The van der Waals surface area contributed by atoms with Crippen molar-refractivity contribution in [1.82, 2.24) is 10.3 Å². The number of ether oxygens (including phenoxy) is 1. The number of carbonyl (C=O) groups is 2. The first-order valence-corrected chi connectivity index (χ1v) is 5.57. The van der Waals surface area contributed by atoms with Gasteiger partial charge >= 0.3 is 5.97 Å². The highest BCUT2D eigenvalue weighted by molar-refractivity contribution is 6.32. The number of pyridine rings is 1. The minimum absolute atomic E-state index is 0.136. The first-order valence-electron chi connectivity index (χ1n) is 5.19. The molecule has 92 valence electrons. The van der Waals surface area contributed by atoms with Crippen LogP contribution < -0.4 is 5.32 Å². The Hall–Kier alpha value is -1.62. The number of hydrogen-bond acceptors (Lipinski definition) is 4. The number of rotatable bonds is 5. The lowest BCUT2D eigenvalue weighted by atomic mass is 10.2. The van der Waals surface area contributed by atoms with Crippen LogP contribution in [-0.2, 0) is 9.53 Å². The van der Waals surface area contributed by atoms with Crippen molar-refractivity contribution in [1.29, 1.82) is 0 Å². The molecule has 0 unspecified atom stereocenters. The zero-order valence-corrected chi connectivity index (χ0v) is 10.2. The van der Waals surface area contributed by atoms with E-state index in [0.29, 0.717) is 6.61 Å². The van der Waals surface area contributed by atoms with E-state index in [4.69, 9.17) is 16.3 Å². The third kappa shape index (κ3) is 4.40. The van der Waals surface area contributed by atoms with Crippen molar-refractivity contribution in [3.8, 4) is 0 Å². The van der Waals surface area contributed by atoms with Gasteiger partial charge in [0, 0.05) is 12.7 Å². The van der Waals surface area contributed by atoms with Crippen LogP contribution in [0.5, 0.6) is 0 Å². The van der Waals surface area contributed by atoms with Gasteiger partial charge < -0.3 is 10.1 Å². The zero-order chi connectivity index (χ0) is 12.7. The van der Waals surface area contributed by atoms with E-state index in [0.717, 1.165) is 0 Å². The highest BCUT2D eigenvalue weighted by atomic mass is 35.5. The Balaban J connectivity index is 2.41. The molecule has 0 atom stereocenters. The molecule has 0 saturated carbocycles. The molecule has 6 heteroatoms. The summed E-state index contributed by atoms with van der Waals surface area (Å²) in [5.41, 5.74) is 0.290. The van der Waals surface area contributed by atoms with Gasteiger partial charge in [-0.1, -0.05) is 11.6 Å². The Kier molecular flexibility index (Phi) is 5.42. The predicted octanol–water partition coefficient (Wildman–Crippen LogP) is 1.42. The van der Waals surface area contributed by atoms with E-state index in [1.807, 2.05) is 0 Å². The van der Waals surface area contributed by atoms with Crippen molar-refractivity contribution in [2.75, 3.05) is 13.2 Å². The molecule has 0 radical (unpaired) electrons. The van der Waals surface area contributed by atoms with Gasteiger partial charge in [0.05, 0.1) is 18.6 Å². The highest BCUT2D eigenvalue weighted by Crippen LogP contribution is 2.10. The molecule has 0 bridgehead atoms. The molecule has 0 aromatic carbocycles. The third-order valence-corrected chi connectivity index (χ3v) is 2.22. The molecule has 1 N–H and O–H groups in total. The molecule has 0 spiro atoms. The van der Waals surface area contributed by atoms with Crippen LogP contribution in [0.15, 0.2) is 18.3 Å². The normalized spacial score (nSPS) is 9.76. The van der Waals surface area contributed by atoms with Crippen molar-refractivity contribution in [3.05, 3.63) is 29.0 Å². The largest absolute Gasteiger partial charge is 0.466 e. The number of carbonyl (C=O) groups excluding carboxylic acids is 2.